The van der Waals surface area contributed by atoms with E-state index in [4.69, 9.17) is 0 Å². The molecule has 1 aliphatic heterocycles. The van der Waals surface area contributed by atoms with Crippen LogP contribution in [-0.2, 0) is 0 Å². The van der Waals surface area contributed by atoms with Crippen LogP contribution in [0.25, 0.3) is 0 Å². The molecule has 1 aromatic rings. The predicted molar refractivity (Wildman–Crippen MR) is 87.7 cm³/mol. The minimum Gasteiger partial charge on any atom is -0.418 e. The number of aromatic nitrogens is 1. The van der Waals surface area contributed by atoms with E-state index < -0.39 is 7.25 Å². The molecule has 7 heteroatoms. The fourth-order valence-electron chi connectivity index (χ4n) is 3.00. The Labute approximate surface area is 135 Å². The van der Waals surface area contributed by atoms with Gasteiger partial charge in [0, 0.05) is 25.0 Å². The molecule has 2 nitrogen and oxygen atoms in total. The summed E-state index contributed by atoms with van der Waals surface area (Å²) < 4.78 is 43.8. The van der Waals surface area contributed by atoms with E-state index in [-0.39, 0.29) is 0 Å². The fourth-order valence-corrected chi connectivity index (χ4v) is 3.00. The van der Waals surface area contributed by atoms with E-state index in [9.17, 15) is 17.3 Å². The van der Waals surface area contributed by atoms with Gasteiger partial charge in [-0.05, 0) is 52.7 Å². The summed E-state index contributed by atoms with van der Waals surface area (Å²) >= 11 is 0. The molecule has 0 spiro atoms. The van der Waals surface area contributed by atoms with Crippen molar-refractivity contribution >= 4 is 13.0 Å². The lowest BCUT2D eigenvalue weighted by atomic mass is 10.1. The van der Waals surface area contributed by atoms with Crippen LogP contribution in [0.3, 0.4) is 0 Å². The Hall–Kier alpha value is -1.53. The molecule has 0 aliphatic carbocycles. The zero-order chi connectivity index (χ0) is 18.3. The van der Waals surface area contributed by atoms with Crippen LogP contribution in [0.2, 0.25) is 0 Å². The van der Waals surface area contributed by atoms with Crippen LogP contribution >= 0.6 is 0 Å². The van der Waals surface area contributed by atoms with Crippen molar-refractivity contribution in [1.29, 1.82) is 0 Å². The lowest BCUT2D eigenvalue weighted by Crippen LogP contribution is -2.31. The summed E-state index contributed by atoms with van der Waals surface area (Å²) in [5.74, 6) is 0. The second kappa shape index (κ2) is 6.53. The van der Waals surface area contributed by atoms with Crippen molar-refractivity contribution in [1.82, 2.24) is 4.68 Å². The quantitative estimate of drug-likeness (QED) is 0.389. The molecule has 0 radical (unpaired) electrons. The van der Waals surface area contributed by atoms with Gasteiger partial charge in [0.15, 0.2) is 0 Å². The van der Waals surface area contributed by atoms with Gasteiger partial charge in [-0.3, -0.25) is 0 Å². The van der Waals surface area contributed by atoms with Gasteiger partial charge >= 0.3 is 7.25 Å². The molecule has 0 saturated heterocycles. The highest BCUT2D eigenvalue weighted by molar-refractivity contribution is 6.50. The molecule has 0 aromatic carbocycles. The Morgan fingerprint density at radius 2 is 1.17 bits per heavy atom. The number of allylic oxidation sites excluding steroid dienone is 1. The highest BCUT2D eigenvalue weighted by atomic mass is 19.5. The first-order valence-corrected chi connectivity index (χ1v) is 7.62. The smallest absolute Gasteiger partial charge is 0.418 e. The summed E-state index contributed by atoms with van der Waals surface area (Å²) in [7, 11) is -6.00. The lowest BCUT2D eigenvalue weighted by Gasteiger charge is -2.12. The minimum atomic E-state index is -6.00. The van der Waals surface area contributed by atoms with Crippen molar-refractivity contribution < 1.29 is 21.9 Å². The topological polar surface area (TPSA) is 7.94 Å². The zero-order valence-corrected chi connectivity index (χ0v) is 15.1. The van der Waals surface area contributed by atoms with E-state index in [2.05, 4.69) is 64.8 Å². The van der Waals surface area contributed by atoms with Gasteiger partial charge in [0.2, 0.25) is 11.8 Å². The average Bonchev–Trinajstić information content (AvgIpc) is 2.71. The Balaban J connectivity index is 0.000000463. The van der Waals surface area contributed by atoms with Gasteiger partial charge in [0.1, 0.15) is 0 Å². The van der Waals surface area contributed by atoms with Gasteiger partial charge < -0.3 is 17.3 Å². The van der Waals surface area contributed by atoms with E-state index >= 15 is 0 Å². The normalized spacial score (nSPS) is 18.5. The predicted octanol–water partition coefficient (Wildman–Crippen LogP) is 5.00. The summed E-state index contributed by atoms with van der Waals surface area (Å²) in [5.41, 5.74) is 9.84. The second-order valence-electron chi connectivity index (χ2n) is 6.14. The van der Waals surface area contributed by atoms with E-state index in [0.29, 0.717) is 6.04 Å². The van der Waals surface area contributed by atoms with E-state index in [1.807, 2.05) is 0 Å². The maximum atomic E-state index is 9.75. The minimum absolute atomic E-state index is 0.452. The van der Waals surface area contributed by atoms with Crippen molar-refractivity contribution in [3.63, 3.8) is 0 Å². The molecule has 1 aromatic heterocycles. The Morgan fingerprint density at radius 3 is 1.43 bits per heavy atom. The van der Waals surface area contributed by atoms with Gasteiger partial charge in [0.25, 0.3) is 0 Å². The molecule has 1 unspecified atom stereocenters. The second-order valence-corrected chi connectivity index (χ2v) is 6.14. The molecular weight excluding hydrogens is 307 g/mol. The molecule has 130 valence electrons. The molecule has 0 N–H and O–H groups in total. The van der Waals surface area contributed by atoms with Crippen molar-refractivity contribution in [3.8, 4) is 0 Å². The first kappa shape index (κ1) is 19.5. The molecule has 0 saturated carbocycles. The molecule has 0 amide bonds. The number of hydrogen-bond acceptors (Lipinski definition) is 0. The monoisotopic (exact) mass is 332 g/mol. The van der Waals surface area contributed by atoms with Gasteiger partial charge in [0.05, 0.1) is 11.4 Å². The maximum Gasteiger partial charge on any atom is 0.673 e. The first-order chi connectivity index (χ1) is 10.3. The average molecular weight is 332 g/mol. The zero-order valence-electron chi connectivity index (χ0n) is 15.1. The van der Waals surface area contributed by atoms with Crippen LogP contribution in [0, 0.1) is 27.7 Å². The highest BCUT2D eigenvalue weighted by Crippen LogP contribution is 2.26. The summed E-state index contributed by atoms with van der Waals surface area (Å²) in [6.45, 7) is 17.9. The molecule has 23 heavy (non-hydrogen) atoms. The Morgan fingerprint density at radius 1 is 0.826 bits per heavy atom. The Bertz CT molecular complexity index is 650. The molecule has 1 aliphatic rings. The summed E-state index contributed by atoms with van der Waals surface area (Å²) in [5, 5.41) is 0. The number of hydrogen-bond donors (Lipinski definition) is 0. The number of halogens is 4. The van der Waals surface area contributed by atoms with Gasteiger partial charge in [-0.15, -0.1) is 9.36 Å². The Kier molecular flexibility index (Phi) is 5.55. The van der Waals surface area contributed by atoms with E-state index in [0.717, 1.165) is 0 Å². The third-order valence-electron chi connectivity index (χ3n) is 4.97. The molecule has 1 atom stereocenters. The summed E-state index contributed by atoms with van der Waals surface area (Å²) in [4.78, 5) is 0. The van der Waals surface area contributed by atoms with Crippen molar-refractivity contribution in [2.24, 2.45) is 0 Å². The van der Waals surface area contributed by atoms with Crippen LogP contribution in [0.4, 0.5) is 17.3 Å². The van der Waals surface area contributed by atoms with E-state index in [1.54, 1.807) is 0 Å². The third kappa shape index (κ3) is 3.87. The number of rotatable bonds is 1. The lowest BCUT2D eigenvalue weighted by molar-refractivity contribution is -0.607. The molecular formula is C16H25BF4N2. The first-order valence-electron chi connectivity index (χ1n) is 7.62. The highest BCUT2D eigenvalue weighted by Gasteiger charge is 2.35. The SMILES string of the molecule is CC1=C(C)C(C)[N+](n2c(C)c(C)c(C)c2C)=C1C.F[B-](F)(F)F. The van der Waals surface area contributed by atoms with Crippen LogP contribution in [0.1, 0.15) is 50.2 Å². The third-order valence-corrected chi connectivity index (χ3v) is 4.97. The van der Waals surface area contributed by atoms with E-state index in [1.165, 1.54) is 39.4 Å². The van der Waals surface area contributed by atoms with Crippen LogP contribution in [0.5, 0.6) is 0 Å². The molecule has 2 heterocycles. The largest absolute Gasteiger partial charge is 0.673 e. The van der Waals surface area contributed by atoms with Crippen molar-refractivity contribution in [2.75, 3.05) is 0 Å². The molecule has 2 rings (SSSR count). The fraction of sp³-hybridized carbons (Fsp3) is 0.562. The van der Waals surface area contributed by atoms with Crippen molar-refractivity contribution in [2.45, 2.75) is 61.4 Å². The van der Waals surface area contributed by atoms with Gasteiger partial charge in [-0.25, -0.2) is 0 Å². The number of nitrogens with zero attached hydrogens (tertiary/aromatic N) is 2. The standard InChI is InChI=1S/C16H25N2.BF4/c1-9-10(2)14(6)17(13(9)5)18-15(7)11(3)12(4)16(18)8;2-1(3,4)5/h13H,1-8H3;/q+1;-1. The molecule has 0 fully saturated rings. The van der Waals surface area contributed by atoms with Crippen LogP contribution in [0.15, 0.2) is 11.1 Å². The van der Waals surface area contributed by atoms with Crippen LogP contribution in [-0.4, -0.2) is 28.4 Å². The summed E-state index contributed by atoms with van der Waals surface area (Å²) in [6.07, 6.45) is 0. The maximum absolute atomic E-state index is 9.75. The molecule has 0 bridgehead atoms. The van der Waals surface area contributed by atoms with Crippen LogP contribution < -0.4 is 0 Å². The van der Waals surface area contributed by atoms with Gasteiger partial charge in [-0.1, -0.05) is 0 Å². The van der Waals surface area contributed by atoms with Crippen molar-refractivity contribution in [3.05, 3.63) is 33.7 Å². The van der Waals surface area contributed by atoms with Gasteiger partial charge in [-0.2, -0.15) is 0 Å². The summed E-state index contributed by atoms with van der Waals surface area (Å²) in [6, 6.07) is 0.452.